The Bertz CT molecular complexity index is 952. The lowest BCUT2D eigenvalue weighted by atomic mass is 10.2. The third kappa shape index (κ3) is 4.57. The monoisotopic (exact) mass is 410 g/mol. The van der Waals surface area contributed by atoms with Crippen LogP contribution in [0.5, 0.6) is 0 Å². The average Bonchev–Trinajstić information content (AvgIpc) is 3.14. The number of aromatic nitrogens is 2. The van der Waals surface area contributed by atoms with Crippen LogP contribution in [0, 0.1) is 0 Å². The minimum Gasteiger partial charge on any atom is -0.383 e. The van der Waals surface area contributed by atoms with Gasteiger partial charge in [-0.25, -0.2) is 4.98 Å². The second-order valence-corrected chi connectivity index (χ2v) is 7.96. The van der Waals surface area contributed by atoms with Crippen molar-refractivity contribution in [3.05, 3.63) is 54.6 Å². The summed E-state index contributed by atoms with van der Waals surface area (Å²) in [6.45, 7) is 4.59. The summed E-state index contributed by atoms with van der Waals surface area (Å²) in [5.41, 5.74) is 3.26. The Labute approximate surface area is 175 Å². The molecule has 1 fully saturated rings. The van der Waals surface area contributed by atoms with Gasteiger partial charge in [0.25, 0.3) is 0 Å². The third-order valence-corrected chi connectivity index (χ3v) is 6.18. The van der Waals surface area contributed by atoms with Crippen molar-refractivity contribution in [2.75, 3.05) is 50.5 Å². The second kappa shape index (κ2) is 9.33. The van der Waals surface area contributed by atoms with Crippen molar-refractivity contribution in [1.29, 1.82) is 0 Å². The number of piperazine rings is 1. The molecule has 4 rings (SSSR count). The van der Waals surface area contributed by atoms with Gasteiger partial charge in [0.15, 0.2) is 5.16 Å². The van der Waals surface area contributed by atoms with Crippen LogP contribution in [0.4, 0.5) is 5.69 Å². The predicted molar refractivity (Wildman–Crippen MR) is 118 cm³/mol. The molecule has 6 nitrogen and oxygen atoms in total. The van der Waals surface area contributed by atoms with Gasteiger partial charge in [0.05, 0.1) is 23.4 Å². The summed E-state index contributed by atoms with van der Waals surface area (Å²) in [6.07, 6.45) is 0. The first-order valence-electron chi connectivity index (χ1n) is 9.91. The van der Waals surface area contributed by atoms with E-state index in [0.717, 1.165) is 48.9 Å². The number of fused-ring (bicyclic) bond motifs is 1. The van der Waals surface area contributed by atoms with Crippen LogP contribution < -0.4 is 4.90 Å². The summed E-state index contributed by atoms with van der Waals surface area (Å²) in [5.74, 6) is 0.579. The van der Waals surface area contributed by atoms with E-state index in [4.69, 9.17) is 9.72 Å². The molecule has 1 saturated heterocycles. The highest BCUT2D eigenvalue weighted by molar-refractivity contribution is 7.99. The molecule has 0 atom stereocenters. The maximum Gasteiger partial charge on any atom is 0.233 e. The molecule has 2 heterocycles. The van der Waals surface area contributed by atoms with Crippen molar-refractivity contribution in [1.82, 2.24) is 14.5 Å². The van der Waals surface area contributed by atoms with Crippen molar-refractivity contribution in [3.8, 4) is 0 Å². The van der Waals surface area contributed by atoms with Crippen LogP contribution in [0.1, 0.15) is 0 Å². The first-order valence-corrected chi connectivity index (χ1v) is 10.9. The SMILES string of the molecule is COCCn1c(SCC(=O)N2CCN(c3ccccc3)CC2)nc2ccccc21. The Morgan fingerprint density at radius 3 is 2.52 bits per heavy atom. The Kier molecular flexibility index (Phi) is 6.36. The van der Waals surface area contributed by atoms with Crippen LogP contribution in [0.15, 0.2) is 59.8 Å². The van der Waals surface area contributed by atoms with E-state index in [-0.39, 0.29) is 5.91 Å². The van der Waals surface area contributed by atoms with Crippen LogP contribution in [-0.4, -0.2) is 66.0 Å². The van der Waals surface area contributed by atoms with Gasteiger partial charge in [0, 0.05) is 45.5 Å². The molecule has 7 heteroatoms. The Balaban J connectivity index is 1.36. The summed E-state index contributed by atoms with van der Waals surface area (Å²) >= 11 is 1.51. The molecular formula is C22H26N4O2S. The first kappa shape index (κ1) is 19.8. The van der Waals surface area contributed by atoms with Gasteiger partial charge in [-0.15, -0.1) is 0 Å². The number of para-hydroxylation sites is 3. The maximum absolute atomic E-state index is 12.8. The van der Waals surface area contributed by atoms with Gasteiger partial charge in [-0.05, 0) is 24.3 Å². The van der Waals surface area contributed by atoms with E-state index in [2.05, 4.69) is 39.8 Å². The van der Waals surface area contributed by atoms with Crippen LogP contribution >= 0.6 is 11.8 Å². The molecular weight excluding hydrogens is 384 g/mol. The molecule has 1 aromatic heterocycles. The lowest BCUT2D eigenvalue weighted by Crippen LogP contribution is -2.49. The van der Waals surface area contributed by atoms with E-state index in [9.17, 15) is 4.79 Å². The molecule has 3 aromatic rings. The second-order valence-electron chi connectivity index (χ2n) is 7.02. The number of thioether (sulfide) groups is 1. The van der Waals surface area contributed by atoms with E-state index in [1.807, 2.05) is 29.2 Å². The number of carbonyl (C=O) groups excluding carboxylic acids is 1. The van der Waals surface area contributed by atoms with E-state index >= 15 is 0 Å². The van der Waals surface area contributed by atoms with Gasteiger partial charge in [0.1, 0.15) is 0 Å². The Hall–Kier alpha value is -2.51. The van der Waals surface area contributed by atoms with E-state index in [1.165, 1.54) is 17.4 Å². The van der Waals surface area contributed by atoms with Gasteiger partial charge in [-0.2, -0.15) is 0 Å². The third-order valence-electron chi connectivity index (χ3n) is 5.22. The number of anilines is 1. The fraction of sp³-hybridized carbons (Fsp3) is 0.364. The summed E-state index contributed by atoms with van der Waals surface area (Å²) in [5, 5.41) is 0.875. The number of benzene rings is 2. The average molecular weight is 411 g/mol. The standard InChI is InChI=1S/C22H26N4O2S/c1-28-16-15-26-20-10-6-5-9-19(20)23-22(26)29-17-21(27)25-13-11-24(12-14-25)18-7-3-2-4-8-18/h2-10H,11-17H2,1H3. The van der Waals surface area contributed by atoms with Crippen molar-refractivity contribution in [2.45, 2.75) is 11.7 Å². The quantitative estimate of drug-likeness (QED) is 0.560. The topological polar surface area (TPSA) is 50.6 Å². The minimum atomic E-state index is 0.174. The lowest BCUT2D eigenvalue weighted by molar-refractivity contribution is -0.128. The van der Waals surface area contributed by atoms with Gasteiger partial charge < -0.3 is 19.1 Å². The summed E-state index contributed by atoms with van der Waals surface area (Å²) in [6, 6.07) is 18.5. The Morgan fingerprint density at radius 2 is 1.76 bits per heavy atom. The number of hydrogen-bond acceptors (Lipinski definition) is 5. The zero-order valence-corrected chi connectivity index (χ0v) is 17.5. The zero-order chi connectivity index (χ0) is 20.1. The molecule has 0 bridgehead atoms. The number of hydrogen-bond donors (Lipinski definition) is 0. The lowest BCUT2D eigenvalue weighted by Gasteiger charge is -2.36. The normalized spacial score (nSPS) is 14.5. The number of carbonyl (C=O) groups is 1. The van der Waals surface area contributed by atoms with Crippen molar-refractivity contribution in [3.63, 3.8) is 0 Å². The van der Waals surface area contributed by atoms with Gasteiger partial charge in [-0.1, -0.05) is 42.1 Å². The fourth-order valence-electron chi connectivity index (χ4n) is 3.63. The zero-order valence-electron chi connectivity index (χ0n) is 16.7. The molecule has 1 aliphatic heterocycles. The summed E-state index contributed by atoms with van der Waals surface area (Å²) in [7, 11) is 1.70. The molecule has 0 aliphatic carbocycles. The van der Waals surface area contributed by atoms with Crippen LogP contribution in [0.3, 0.4) is 0 Å². The molecule has 1 aliphatic rings. The maximum atomic E-state index is 12.8. The van der Waals surface area contributed by atoms with Crippen LogP contribution in [-0.2, 0) is 16.1 Å². The Morgan fingerprint density at radius 1 is 1.03 bits per heavy atom. The van der Waals surface area contributed by atoms with E-state index < -0.39 is 0 Å². The molecule has 0 radical (unpaired) electrons. The molecule has 2 aromatic carbocycles. The van der Waals surface area contributed by atoms with Crippen LogP contribution in [0.25, 0.3) is 11.0 Å². The van der Waals surface area contributed by atoms with E-state index in [1.54, 1.807) is 7.11 Å². The largest absolute Gasteiger partial charge is 0.383 e. The molecule has 0 unspecified atom stereocenters. The summed E-state index contributed by atoms with van der Waals surface area (Å²) in [4.78, 5) is 21.8. The van der Waals surface area contributed by atoms with Crippen molar-refractivity contribution < 1.29 is 9.53 Å². The van der Waals surface area contributed by atoms with Gasteiger partial charge in [-0.3, -0.25) is 4.79 Å². The first-order chi connectivity index (χ1) is 14.3. The highest BCUT2D eigenvalue weighted by atomic mass is 32.2. The van der Waals surface area contributed by atoms with E-state index in [0.29, 0.717) is 12.4 Å². The number of amides is 1. The highest BCUT2D eigenvalue weighted by Crippen LogP contribution is 2.25. The molecule has 0 N–H and O–H groups in total. The number of nitrogens with zero attached hydrogens (tertiary/aromatic N) is 4. The number of methoxy groups -OCH3 is 1. The number of rotatable bonds is 7. The molecule has 1 amide bonds. The minimum absolute atomic E-state index is 0.174. The van der Waals surface area contributed by atoms with Crippen LogP contribution in [0.2, 0.25) is 0 Å². The molecule has 0 saturated carbocycles. The van der Waals surface area contributed by atoms with Gasteiger partial charge >= 0.3 is 0 Å². The number of ether oxygens (including phenoxy) is 1. The molecule has 152 valence electrons. The van der Waals surface area contributed by atoms with Crippen molar-refractivity contribution in [2.24, 2.45) is 0 Å². The summed E-state index contributed by atoms with van der Waals surface area (Å²) < 4.78 is 7.39. The molecule has 0 spiro atoms. The smallest absolute Gasteiger partial charge is 0.233 e. The molecule has 29 heavy (non-hydrogen) atoms. The highest BCUT2D eigenvalue weighted by Gasteiger charge is 2.22. The predicted octanol–water partition coefficient (Wildman–Crippen LogP) is 3.12. The van der Waals surface area contributed by atoms with Gasteiger partial charge in [0.2, 0.25) is 5.91 Å². The van der Waals surface area contributed by atoms with Crippen molar-refractivity contribution >= 4 is 34.4 Å². The fourth-order valence-corrected chi connectivity index (χ4v) is 4.58. The number of imidazole rings is 1.